The van der Waals surface area contributed by atoms with Crippen LogP contribution in [-0.4, -0.2) is 26.2 Å². The number of carbonyl (C=O) groups excluding carboxylic acids is 1. The summed E-state index contributed by atoms with van der Waals surface area (Å²) < 4.78 is 1.15. The van der Waals surface area contributed by atoms with Crippen LogP contribution in [0.4, 0.5) is 0 Å². The first-order valence-electron chi connectivity index (χ1n) is 10.5. The van der Waals surface area contributed by atoms with Gasteiger partial charge in [0.15, 0.2) is 0 Å². The van der Waals surface area contributed by atoms with Crippen molar-refractivity contribution < 1.29 is 4.79 Å². The third-order valence-corrected chi connectivity index (χ3v) is 5.57. The van der Waals surface area contributed by atoms with Crippen molar-refractivity contribution in [2.24, 2.45) is 0 Å². The number of pyridine rings is 1. The van der Waals surface area contributed by atoms with Crippen molar-refractivity contribution in [3.63, 3.8) is 0 Å². The number of benzene rings is 1. The molecule has 0 unspecified atom stereocenters. The molecule has 7 nitrogen and oxygen atoms in total. The van der Waals surface area contributed by atoms with Crippen molar-refractivity contribution >= 4 is 16.8 Å². The number of nitrogens with zero attached hydrogens (tertiary/aromatic N) is 2. The number of amides is 1. The average molecular weight is 416 g/mol. The Labute approximate surface area is 179 Å². The Balaban J connectivity index is 1.50. The van der Waals surface area contributed by atoms with Gasteiger partial charge >= 0.3 is 0 Å². The highest BCUT2D eigenvalue weighted by atomic mass is 16.2. The quantitative estimate of drug-likeness (QED) is 0.638. The molecule has 1 amide bonds. The summed E-state index contributed by atoms with van der Waals surface area (Å²) in [5.41, 5.74) is 0.423. The lowest BCUT2D eigenvalue weighted by Gasteiger charge is -2.33. The maximum absolute atomic E-state index is 12.7. The minimum Gasteiger partial charge on any atom is -0.340 e. The molecule has 158 valence electrons. The highest BCUT2D eigenvalue weighted by Crippen LogP contribution is 2.28. The Morgan fingerprint density at radius 1 is 1.13 bits per heavy atom. The van der Waals surface area contributed by atoms with Crippen LogP contribution in [0.15, 0.2) is 58.3 Å². The summed E-state index contributed by atoms with van der Waals surface area (Å²) in [6.45, 7) is 0.110. The molecule has 2 aromatic heterocycles. The van der Waals surface area contributed by atoms with Crippen molar-refractivity contribution in [3.8, 4) is 11.8 Å². The Bertz CT molecular complexity index is 1270. The van der Waals surface area contributed by atoms with E-state index in [1.807, 2.05) is 30.3 Å². The molecule has 1 fully saturated rings. The normalized spacial score (nSPS) is 15.1. The Kier molecular flexibility index (Phi) is 5.99. The fraction of sp³-hybridized carbons (Fsp3) is 0.333. The molecule has 0 bridgehead atoms. The Morgan fingerprint density at radius 2 is 1.94 bits per heavy atom. The number of carbonyl (C=O) groups is 1. The van der Waals surface area contributed by atoms with Crippen LogP contribution in [0.2, 0.25) is 0 Å². The molecule has 2 N–H and O–H groups in total. The molecule has 0 spiro atoms. The van der Waals surface area contributed by atoms with Gasteiger partial charge in [0.25, 0.3) is 11.1 Å². The van der Waals surface area contributed by atoms with Crippen molar-refractivity contribution in [1.82, 2.24) is 20.1 Å². The van der Waals surface area contributed by atoms with Crippen molar-refractivity contribution in [3.05, 3.63) is 74.9 Å². The van der Waals surface area contributed by atoms with Crippen LogP contribution in [0.3, 0.4) is 0 Å². The van der Waals surface area contributed by atoms with Crippen molar-refractivity contribution in [1.29, 1.82) is 0 Å². The third kappa shape index (κ3) is 5.10. The first-order chi connectivity index (χ1) is 15.0. The largest absolute Gasteiger partial charge is 0.340 e. The zero-order valence-corrected chi connectivity index (χ0v) is 17.2. The molecule has 31 heavy (non-hydrogen) atoms. The van der Waals surface area contributed by atoms with Gasteiger partial charge in [-0.25, -0.2) is 4.68 Å². The molecular weight excluding hydrogens is 392 g/mol. The molecule has 7 heteroatoms. The number of aryl methyl sites for hydroxylation is 1. The Morgan fingerprint density at radius 3 is 2.77 bits per heavy atom. The molecule has 2 heterocycles. The van der Waals surface area contributed by atoms with Gasteiger partial charge in [0.1, 0.15) is 5.54 Å². The number of aromatic nitrogens is 3. The maximum atomic E-state index is 12.7. The number of para-hydroxylation sites is 1. The second-order valence-electron chi connectivity index (χ2n) is 7.91. The number of hydrogen-bond acceptors (Lipinski definition) is 4. The van der Waals surface area contributed by atoms with Gasteiger partial charge in [0, 0.05) is 35.7 Å². The minimum absolute atomic E-state index is 0.0841. The number of aromatic amines is 1. The summed E-state index contributed by atoms with van der Waals surface area (Å²) in [6.07, 6.45) is 6.53. The highest BCUT2D eigenvalue weighted by molar-refractivity contribution is 5.80. The van der Waals surface area contributed by atoms with E-state index in [0.29, 0.717) is 0 Å². The second-order valence-corrected chi connectivity index (χ2v) is 7.91. The molecule has 0 aliphatic heterocycles. The van der Waals surface area contributed by atoms with Gasteiger partial charge in [0.05, 0.1) is 12.1 Å². The summed E-state index contributed by atoms with van der Waals surface area (Å²) >= 11 is 0. The van der Waals surface area contributed by atoms with Crippen molar-refractivity contribution in [2.45, 2.75) is 50.6 Å². The summed E-state index contributed by atoms with van der Waals surface area (Å²) in [5, 5.41) is 6.57. The monoisotopic (exact) mass is 416 g/mol. The first-order valence-corrected chi connectivity index (χ1v) is 10.5. The summed E-state index contributed by atoms with van der Waals surface area (Å²) in [6, 6.07) is 12.3. The van der Waals surface area contributed by atoms with Crippen LogP contribution in [0.1, 0.15) is 44.1 Å². The van der Waals surface area contributed by atoms with E-state index in [1.54, 1.807) is 6.20 Å². The molecule has 3 aromatic rings. The first kappa shape index (κ1) is 20.6. The number of nitrogens with one attached hydrogen (secondary N) is 2. The van der Waals surface area contributed by atoms with Gasteiger partial charge in [-0.15, -0.1) is 0 Å². The molecular formula is C24H24N4O3. The predicted molar refractivity (Wildman–Crippen MR) is 119 cm³/mol. The van der Waals surface area contributed by atoms with Crippen LogP contribution in [-0.2, 0) is 11.3 Å². The van der Waals surface area contributed by atoms with Crippen LogP contribution < -0.4 is 16.4 Å². The minimum atomic E-state index is -0.587. The molecule has 1 aliphatic rings. The molecule has 0 radical (unpaired) electrons. The van der Waals surface area contributed by atoms with Gasteiger partial charge in [-0.3, -0.25) is 24.5 Å². The lowest BCUT2D eigenvalue weighted by atomic mass is 9.82. The van der Waals surface area contributed by atoms with E-state index in [4.69, 9.17) is 0 Å². The zero-order valence-electron chi connectivity index (χ0n) is 17.2. The maximum Gasteiger partial charge on any atom is 0.265 e. The fourth-order valence-electron chi connectivity index (χ4n) is 3.94. The summed E-state index contributed by atoms with van der Waals surface area (Å²) in [4.78, 5) is 40.4. The molecule has 0 atom stereocenters. The smallest absolute Gasteiger partial charge is 0.265 e. The van der Waals surface area contributed by atoms with Gasteiger partial charge in [0.2, 0.25) is 5.91 Å². The molecule has 1 saturated carbocycles. The number of H-pyrrole nitrogens is 1. The highest BCUT2D eigenvalue weighted by Gasteiger charge is 2.31. The van der Waals surface area contributed by atoms with Crippen molar-refractivity contribution in [2.75, 3.05) is 0 Å². The van der Waals surface area contributed by atoms with Crippen LogP contribution >= 0.6 is 0 Å². The van der Waals surface area contributed by atoms with Gasteiger partial charge in [-0.05, 0) is 25.0 Å². The van der Waals surface area contributed by atoms with Gasteiger partial charge in [-0.1, -0.05) is 49.3 Å². The topological polar surface area (TPSA) is 96.9 Å². The predicted octanol–water partition coefficient (Wildman–Crippen LogP) is 2.35. The van der Waals surface area contributed by atoms with E-state index in [9.17, 15) is 14.4 Å². The van der Waals surface area contributed by atoms with E-state index in [1.165, 1.54) is 12.1 Å². The second kappa shape index (κ2) is 9.00. The summed E-state index contributed by atoms with van der Waals surface area (Å²) in [7, 11) is 0. The third-order valence-electron chi connectivity index (χ3n) is 5.57. The lowest BCUT2D eigenvalue weighted by molar-refractivity contribution is -0.123. The molecule has 0 saturated heterocycles. The van der Waals surface area contributed by atoms with Crippen LogP contribution in [0, 0.1) is 11.8 Å². The number of rotatable bonds is 4. The molecule has 1 aromatic carbocycles. The number of fused-ring (bicyclic) bond motifs is 1. The van der Waals surface area contributed by atoms with Gasteiger partial charge in [-0.2, -0.15) is 0 Å². The Hall–Kier alpha value is -3.66. The van der Waals surface area contributed by atoms with E-state index < -0.39 is 5.54 Å². The van der Waals surface area contributed by atoms with E-state index in [0.717, 1.165) is 53.3 Å². The standard InChI is InChI=1S/C24H24N4O3/c29-21(11-15-28-23(31)9-8-22(30)27-28)26-24(12-4-1-5-13-24)14-10-18-16-19-6-2-3-7-20(19)25-17-18/h2-3,6-9,16-17H,1,4-5,11-13,15H2,(H,26,29)(H,27,30). The SMILES string of the molecule is O=C(CCn1[nH]c(=O)ccc1=O)NC1(C#Cc2cnc3ccccc3c2)CCCCC1. The fourth-order valence-corrected chi connectivity index (χ4v) is 3.94. The lowest BCUT2D eigenvalue weighted by Crippen LogP contribution is -2.49. The summed E-state index contributed by atoms with van der Waals surface area (Å²) in [5.74, 6) is 6.34. The van der Waals surface area contributed by atoms with Crippen LogP contribution in [0.5, 0.6) is 0 Å². The zero-order chi connectivity index (χ0) is 21.7. The average Bonchev–Trinajstić information content (AvgIpc) is 2.79. The van der Waals surface area contributed by atoms with E-state index >= 15 is 0 Å². The number of hydrogen-bond donors (Lipinski definition) is 2. The van der Waals surface area contributed by atoms with E-state index in [-0.39, 0.29) is 30.0 Å². The van der Waals surface area contributed by atoms with E-state index in [2.05, 4.69) is 27.2 Å². The van der Waals surface area contributed by atoms with Gasteiger partial charge < -0.3 is 5.32 Å². The van der Waals surface area contributed by atoms with Crippen LogP contribution in [0.25, 0.3) is 10.9 Å². The molecule has 1 aliphatic carbocycles. The molecule has 4 rings (SSSR count).